The Hall–Kier alpha value is -1.11. The number of hydrogen-bond donors (Lipinski definition) is 0. The molecule has 1 aromatic carbocycles. The maximum Gasteiger partial charge on any atom is 0.401 e. The molecule has 1 atom stereocenters. The van der Waals surface area contributed by atoms with Crippen LogP contribution in [-0.2, 0) is 17.7 Å². The number of rotatable bonds is 3. The summed E-state index contributed by atoms with van der Waals surface area (Å²) in [5.74, 6) is 0. The average Bonchev–Trinajstić information content (AvgIpc) is 2.50. The van der Waals surface area contributed by atoms with E-state index in [9.17, 15) is 13.2 Å². The lowest BCUT2D eigenvalue weighted by Gasteiger charge is -2.36. The minimum Gasteiger partial charge on any atom is -0.379 e. The molecule has 0 bridgehead atoms. The Morgan fingerprint density at radius 1 is 1.17 bits per heavy atom. The van der Waals surface area contributed by atoms with Gasteiger partial charge in [0, 0.05) is 32.2 Å². The second-order valence-electron chi connectivity index (χ2n) is 6.43. The molecule has 1 fully saturated rings. The molecule has 3 nitrogen and oxygen atoms in total. The van der Waals surface area contributed by atoms with Gasteiger partial charge in [0.15, 0.2) is 0 Å². The Morgan fingerprint density at radius 3 is 2.61 bits per heavy atom. The number of fused-ring (bicyclic) bond motifs is 1. The zero-order chi connectivity index (χ0) is 16.4. The highest BCUT2D eigenvalue weighted by Gasteiger charge is 2.35. The smallest absolute Gasteiger partial charge is 0.379 e. The van der Waals surface area contributed by atoms with Crippen LogP contribution in [0.5, 0.6) is 0 Å². The van der Waals surface area contributed by atoms with E-state index < -0.39 is 12.7 Å². The molecule has 0 saturated carbocycles. The van der Waals surface area contributed by atoms with Crippen LogP contribution in [0.4, 0.5) is 13.2 Å². The molecule has 2 heterocycles. The van der Waals surface area contributed by atoms with Crippen molar-refractivity contribution in [1.82, 2.24) is 9.80 Å². The molecule has 0 spiro atoms. The number of halogens is 3. The molecule has 0 aromatic heterocycles. The number of morpholine rings is 1. The third-order valence-corrected chi connectivity index (χ3v) is 4.77. The molecular weight excluding hydrogens is 305 g/mol. The van der Waals surface area contributed by atoms with Crippen LogP contribution in [0.25, 0.3) is 0 Å². The minimum absolute atomic E-state index is 0.183. The summed E-state index contributed by atoms with van der Waals surface area (Å²) in [7, 11) is 0. The van der Waals surface area contributed by atoms with Crippen molar-refractivity contribution in [3.63, 3.8) is 0 Å². The standard InChI is InChI=1S/C17H23F3N2O/c1-13-16-3-2-14(11-21-6-8-23-9-7-21)10-15(16)4-5-22(13)12-17(18,19)20/h2-3,10,13H,4-9,11-12H2,1H3. The molecule has 1 saturated heterocycles. The van der Waals surface area contributed by atoms with Crippen LogP contribution in [0, 0.1) is 0 Å². The fourth-order valence-electron chi connectivity index (χ4n) is 3.50. The zero-order valence-electron chi connectivity index (χ0n) is 13.4. The fraction of sp³-hybridized carbons (Fsp3) is 0.647. The molecule has 0 N–H and O–H groups in total. The van der Waals surface area contributed by atoms with E-state index in [-0.39, 0.29) is 6.04 Å². The van der Waals surface area contributed by atoms with Crippen molar-refractivity contribution in [3.8, 4) is 0 Å². The average molecular weight is 328 g/mol. The molecule has 0 aliphatic carbocycles. The number of hydrogen-bond acceptors (Lipinski definition) is 3. The van der Waals surface area contributed by atoms with Crippen LogP contribution in [0.3, 0.4) is 0 Å². The first-order valence-electron chi connectivity index (χ1n) is 8.15. The van der Waals surface area contributed by atoms with Crippen molar-refractivity contribution < 1.29 is 17.9 Å². The number of nitrogens with zero attached hydrogens (tertiary/aromatic N) is 2. The van der Waals surface area contributed by atoms with Gasteiger partial charge in [0.2, 0.25) is 0 Å². The van der Waals surface area contributed by atoms with Gasteiger partial charge in [-0.1, -0.05) is 18.2 Å². The zero-order valence-corrected chi connectivity index (χ0v) is 13.4. The van der Waals surface area contributed by atoms with Crippen molar-refractivity contribution in [2.24, 2.45) is 0 Å². The number of alkyl halides is 3. The largest absolute Gasteiger partial charge is 0.401 e. The quantitative estimate of drug-likeness (QED) is 0.848. The monoisotopic (exact) mass is 328 g/mol. The van der Waals surface area contributed by atoms with E-state index in [0.29, 0.717) is 13.0 Å². The summed E-state index contributed by atoms with van der Waals surface area (Å²) < 4.78 is 43.3. The maximum atomic E-state index is 12.7. The van der Waals surface area contributed by atoms with E-state index >= 15 is 0 Å². The van der Waals surface area contributed by atoms with Crippen LogP contribution in [0.2, 0.25) is 0 Å². The highest BCUT2D eigenvalue weighted by Crippen LogP contribution is 2.32. The van der Waals surface area contributed by atoms with E-state index in [2.05, 4.69) is 17.0 Å². The topological polar surface area (TPSA) is 15.7 Å². The van der Waals surface area contributed by atoms with Gasteiger partial charge in [0.1, 0.15) is 0 Å². The molecule has 0 amide bonds. The molecule has 23 heavy (non-hydrogen) atoms. The number of benzene rings is 1. The van der Waals surface area contributed by atoms with Gasteiger partial charge < -0.3 is 4.74 Å². The van der Waals surface area contributed by atoms with Gasteiger partial charge in [0.05, 0.1) is 19.8 Å². The molecule has 2 aliphatic heterocycles. The Morgan fingerprint density at radius 2 is 1.91 bits per heavy atom. The lowest BCUT2D eigenvalue weighted by molar-refractivity contribution is -0.151. The molecule has 0 radical (unpaired) electrons. The van der Waals surface area contributed by atoms with Crippen molar-refractivity contribution >= 4 is 0 Å². The molecule has 1 unspecified atom stereocenters. The second kappa shape index (κ2) is 6.79. The summed E-state index contributed by atoms with van der Waals surface area (Å²) in [6.07, 6.45) is -3.45. The second-order valence-corrected chi connectivity index (χ2v) is 6.43. The van der Waals surface area contributed by atoms with Crippen molar-refractivity contribution in [2.45, 2.75) is 32.1 Å². The van der Waals surface area contributed by atoms with Gasteiger partial charge in [0.25, 0.3) is 0 Å². The highest BCUT2D eigenvalue weighted by molar-refractivity contribution is 5.36. The fourth-order valence-corrected chi connectivity index (χ4v) is 3.50. The third-order valence-electron chi connectivity index (χ3n) is 4.77. The van der Waals surface area contributed by atoms with Gasteiger partial charge in [-0.2, -0.15) is 13.2 Å². The van der Waals surface area contributed by atoms with Crippen molar-refractivity contribution in [1.29, 1.82) is 0 Å². The molecule has 3 rings (SSSR count). The predicted molar refractivity (Wildman–Crippen MR) is 82.3 cm³/mol. The van der Waals surface area contributed by atoms with Gasteiger partial charge in [-0.25, -0.2) is 0 Å². The highest BCUT2D eigenvalue weighted by atomic mass is 19.4. The van der Waals surface area contributed by atoms with E-state index in [1.807, 2.05) is 13.0 Å². The van der Waals surface area contributed by atoms with Crippen molar-refractivity contribution in [3.05, 3.63) is 34.9 Å². The number of ether oxygens (including phenoxy) is 1. The summed E-state index contributed by atoms with van der Waals surface area (Å²) >= 11 is 0. The van der Waals surface area contributed by atoms with Crippen molar-refractivity contribution in [2.75, 3.05) is 39.4 Å². The minimum atomic E-state index is -4.14. The van der Waals surface area contributed by atoms with Crippen LogP contribution < -0.4 is 0 Å². The lowest BCUT2D eigenvalue weighted by Crippen LogP contribution is -2.40. The lowest BCUT2D eigenvalue weighted by atomic mass is 9.91. The summed E-state index contributed by atoms with van der Waals surface area (Å²) in [6.45, 7) is 5.81. The molecule has 2 aliphatic rings. The van der Waals surface area contributed by atoms with Crippen LogP contribution in [0.15, 0.2) is 18.2 Å². The van der Waals surface area contributed by atoms with E-state index in [4.69, 9.17) is 4.74 Å². The van der Waals surface area contributed by atoms with Gasteiger partial charge in [-0.15, -0.1) is 0 Å². The Labute approximate surface area is 135 Å². The summed E-state index contributed by atoms with van der Waals surface area (Å²) in [4.78, 5) is 3.87. The van der Waals surface area contributed by atoms with Gasteiger partial charge in [-0.05, 0) is 30.0 Å². The summed E-state index contributed by atoms with van der Waals surface area (Å²) in [6, 6.07) is 6.06. The first kappa shape index (κ1) is 16.7. The van der Waals surface area contributed by atoms with Crippen LogP contribution in [0.1, 0.15) is 29.7 Å². The molecule has 6 heteroatoms. The van der Waals surface area contributed by atoms with Crippen LogP contribution >= 0.6 is 0 Å². The van der Waals surface area contributed by atoms with E-state index in [1.165, 1.54) is 16.0 Å². The SMILES string of the molecule is CC1c2ccc(CN3CCOCC3)cc2CCN1CC(F)(F)F. The molecule has 128 valence electrons. The third kappa shape index (κ3) is 4.25. The van der Waals surface area contributed by atoms with Gasteiger partial charge >= 0.3 is 6.18 Å². The summed E-state index contributed by atoms with van der Waals surface area (Å²) in [5, 5.41) is 0. The molecular formula is C17H23F3N2O. The Bertz CT molecular complexity index is 541. The van der Waals surface area contributed by atoms with Crippen LogP contribution in [-0.4, -0.2) is 55.4 Å². The summed E-state index contributed by atoms with van der Waals surface area (Å²) in [5.41, 5.74) is 3.47. The predicted octanol–water partition coefficient (Wildman–Crippen LogP) is 3.00. The van der Waals surface area contributed by atoms with E-state index in [1.54, 1.807) is 0 Å². The Kier molecular flexibility index (Phi) is 4.94. The molecule has 1 aromatic rings. The normalized spacial score (nSPS) is 23.7. The maximum absolute atomic E-state index is 12.7. The van der Waals surface area contributed by atoms with Gasteiger partial charge in [-0.3, -0.25) is 9.80 Å². The first-order chi connectivity index (χ1) is 10.9. The Balaban J connectivity index is 1.69. The van der Waals surface area contributed by atoms with E-state index in [0.717, 1.165) is 38.4 Å². The first-order valence-corrected chi connectivity index (χ1v) is 8.15.